The lowest BCUT2D eigenvalue weighted by Gasteiger charge is -2.26. The Hall–Kier alpha value is -1.27. The van der Waals surface area contributed by atoms with Crippen LogP contribution in [-0.2, 0) is 6.54 Å². The fourth-order valence-electron chi connectivity index (χ4n) is 2.21. The molecule has 0 aliphatic carbocycles. The van der Waals surface area contributed by atoms with Gasteiger partial charge in [-0.25, -0.2) is 0 Å². The summed E-state index contributed by atoms with van der Waals surface area (Å²) in [4.78, 5) is 2.19. The first kappa shape index (κ1) is 18.8. The van der Waals surface area contributed by atoms with Crippen LogP contribution in [0.5, 0.6) is 5.75 Å². The van der Waals surface area contributed by atoms with Crippen molar-refractivity contribution in [1.82, 2.24) is 10.2 Å². The Bertz CT molecular complexity index is 430. The van der Waals surface area contributed by atoms with Crippen LogP contribution >= 0.6 is 0 Å². The predicted octanol–water partition coefficient (Wildman–Crippen LogP) is 3.65. The van der Waals surface area contributed by atoms with Crippen LogP contribution in [0.2, 0.25) is 0 Å². The van der Waals surface area contributed by atoms with Crippen molar-refractivity contribution in [1.29, 1.82) is 0 Å². The van der Waals surface area contributed by atoms with E-state index in [1.165, 1.54) is 12.1 Å². The van der Waals surface area contributed by atoms with Crippen LogP contribution in [0.4, 0.5) is 13.2 Å². The van der Waals surface area contributed by atoms with Gasteiger partial charge < -0.3 is 15.0 Å². The summed E-state index contributed by atoms with van der Waals surface area (Å²) in [5.41, 5.74) is 0.927. The maximum atomic E-state index is 12.1. The van der Waals surface area contributed by atoms with Gasteiger partial charge in [0.25, 0.3) is 0 Å². The van der Waals surface area contributed by atoms with Crippen molar-refractivity contribution in [2.24, 2.45) is 5.92 Å². The third kappa shape index (κ3) is 7.66. The Morgan fingerprint density at radius 3 is 2.18 bits per heavy atom. The predicted molar refractivity (Wildman–Crippen MR) is 81.8 cm³/mol. The Labute approximate surface area is 130 Å². The molecule has 0 aromatic heterocycles. The lowest BCUT2D eigenvalue weighted by molar-refractivity contribution is -0.274. The van der Waals surface area contributed by atoms with Crippen molar-refractivity contribution in [2.45, 2.75) is 39.2 Å². The maximum absolute atomic E-state index is 12.1. The van der Waals surface area contributed by atoms with E-state index in [0.29, 0.717) is 18.5 Å². The minimum absolute atomic E-state index is 0.192. The molecule has 0 saturated carbocycles. The first-order valence-corrected chi connectivity index (χ1v) is 7.39. The third-order valence-electron chi connectivity index (χ3n) is 3.34. The molecule has 3 nitrogen and oxygen atoms in total. The van der Waals surface area contributed by atoms with E-state index in [9.17, 15) is 13.2 Å². The third-order valence-corrected chi connectivity index (χ3v) is 3.34. The normalized spacial score (nSPS) is 13.7. The quantitative estimate of drug-likeness (QED) is 0.792. The van der Waals surface area contributed by atoms with E-state index >= 15 is 0 Å². The highest BCUT2D eigenvalue weighted by Crippen LogP contribution is 2.22. The molecule has 0 unspecified atom stereocenters. The molecule has 0 aliphatic heterocycles. The van der Waals surface area contributed by atoms with E-state index in [-0.39, 0.29) is 5.75 Å². The second kappa shape index (κ2) is 8.39. The molecule has 0 amide bonds. The van der Waals surface area contributed by atoms with Crippen LogP contribution in [0.3, 0.4) is 0 Å². The molecule has 0 bridgehead atoms. The molecule has 1 atom stereocenters. The molecule has 0 saturated heterocycles. The summed E-state index contributed by atoms with van der Waals surface area (Å²) in [5, 5.41) is 3.35. The highest BCUT2D eigenvalue weighted by atomic mass is 19.4. The summed E-state index contributed by atoms with van der Waals surface area (Å²) in [6.45, 7) is 5.84. The molecule has 1 aromatic carbocycles. The van der Waals surface area contributed by atoms with Crippen molar-refractivity contribution in [3.63, 3.8) is 0 Å². The van der Waals surface area contributed by atoms with E-state index in [2.05, 4.69) is 42.9 Å². The average molecular weight is 318 g/mol. The van der Waals surface area contributed by atoms with E-state index in [4.69, 9.17) is 0 Å². The fourth-order valence-corrected chi connectivity index (χ4v) is 2.21. The highest BCUT2D eigenvalue weighted by Gasteiger charge is 2.30. The van der Waals surface area contributed by atoms with Crippen LogP contribution in [0.15, 0.2) is 24.3 Å². The minimum Gasteiger partial charge on any atom is -0.406 e. The summed E-state index contributed by atoms with van der Waals surface area (Å²) in [6.07, 6.45) is -3.55. The van der Waals surface area contributed by atoms with Crippen LogP contribution in [-0.4, -0.2) is 37.9 Å². The molecule has 1 N–H and O–H groups in total. The first-order valence-electron chi connectivity index (χ1n) is 7.39. The van der Waals surface area contributed by atoms with Crippen LogP contribution in [0, 0.1) is 5.92 Å². The van der Waals surface area contributed by atoms with Gasteiger partial charge in [0.15, 0.2) is 0 Å². The topological polar surface area (TPSA) is 24.5 Å². The maximum Gasteiger partial charge on any atom is 0.573 e. The molecule has 0 spiro atoms. The number of likely N-dealkylation sites (N-methyl/N-ethyl adjacent to an activating group) is 1. The molecule has 126 valence electrons. The number of ether oxygens (including phenoxy) is 1. The van der Waals surface area contributed by atoms with Crippen LogP contribution in [0.25, 0.3) is 0 Å². The van der Waals surface area contributed by atoms with Gasteiger partial charge in [0.2, 0.25) is 0 Å². The van der Waals surface area contributed by atoms with Crippen molar-refractivity contribution < 1.29 is 17.9 Å². The van der Waals surface area contributed by atoms with Gasteiger partial charge >= 0.3 is 6.36 Å². The SMILES string of the molecule is CC(C)C[C@@H](CNCc1ccc(OC(F)(F)F)cc1)N(C)C. The number of hydrogen-bond donors (Lipinski definition) is 1. The average Bonchev–Trinajstić information content (AvgIpc) is 2.37. The molecule has 1 aromatic rings. The number of benzene rings is 1. The summed E-state index contributed by atoms with van der Waals surface area (Å²) in [6, 6.07) is 6.39. The molecule has 22 heavy (non-hydrogen) atoms. The second-order valence-corrected chi connectivity index (χ2v) is 6.07. The Kier molecular flexibility index (Phi) is 7.16. The lowest BCUT2D eigenvalue weighted by atomic mass is 10.0. The Morgan fingerprint density at radius 1 is 1.14 bits per heavy atom. The minimum atomic E-state index is -4.64. The zero-order chi connectivity index (χ0) is 16.8. The molecule has 0 fully saturated rings. The van der Waals surface area contributed by atoms with E-state index in [1.807, 2.05) is 0 Å². The van der Waals surface area contributed by atoms with Gasteiger partial charge in [-0.3, -0.25) is 0 Å². The highest BCUT2D eigenvalue weighted by molar-refractivity contribution is 5.27. The van der Waals surface area contributed by atoms with Gasteiger partial charge in [-0.1, -0.05) is 26.0 Å². The van der Waals surface area contributed by atoms with Crippen molar-refractivity contribution in [3.05, 3.63) is 29.8 Å². The number of halogens is 3. The molecule has 0 radical (unpaired) electrons. The number of nitrogens with zero attached hydrogens (tertiary/aromatic N) is 1. The number of nitrogens with one attached hydrogen (secondary N) is 1. The smallest absolute Gasteiger partial charge is 0.406 e. The standard InChI is InChI=1S/C16H25F3N2O/c1-12(2)9-14(21(3)4)11-20-10-13-5-7-15(8-6-13)22-16(17,18)19/h5-8,12,14,20H,9-11H2,1-4H3/t14-/m0/s1. The van der Waals surface area contributed by atoms with E-state index in [1.54, 1.807) is 12.1 Å². The Balaban J connectivity index is 2.44. The molecular formula is C16H25F3N2O. The number of alkyl halides is 3. The molecule has 0 heterocycles. The molecule has 0 aliphatic rings. The zero-order valence-electron chi connectivity index (χ0n) is 13.6. The Morgan fingerprint density at radius 2 is 1.73 bits per heavy atom. The van der Waals surface area contributed by atoms with Crippen molar-refractivity contribution in [2.75, 3.05) is 20.6 Å². The van der Waals surface area contributed by atoms with E-state index in [0.717, 1.165) is 18.5 Å². The van der Waals surface area contributed by atoms with Gasteiger partial charge in [-0.05, 0) is 44.1 Å². The second-order valence-electron chi connectivity index (χ2n) is 6.07. The summed E-state index contributed by atoms with van der Waals surface area (Å²) in [5.74, 6) is 0.426. The largest absolute Gasteiger partial charge is 0.573 e. The monoisotopic (exact) mass is 318 g/mol. The molecule has 1 rings (SSSR count). The van der Waals surface area contributed by atoms with Crippen LogP contribution < -0.4 is 10.1 Å². The van der Waals surface area contributed by atoms with Crippen molar-refractivity contribution in [3.8, 4) is 5.75 Å². The first-order chi connectivity index (χ1) is 10.2. The van der Waals surface area contributed by atoms with Gasteiger partial charge in [-0.2, -0.15) is 0 Å². The number of hydrogen-bond acceptors (Lipinski definition) is 3. The summed E-state index contributed by atoms with van der Waals surface area (Å²) in [7, 11) is 4.11. The fraction of sp³-hybridized carbons (Fsp3) is 0.625. The van der Waals surface area contributed by atoms with Gasteiger partial charge in [0.1, 0.15) is 5.75 Å². The van der Waals surface area contributed by atoms with Crippen LogP contribution in [0.1, 0.15) is 25.8 Å². The van der Waals surface area contributed by atoms with Gasteiger partial charge in [-0.15, -0.1) is 13.2 Å². The summed E-state index contributed by atoms with van der Waals surface area (Å²) >= 11 is 0. The van der Waals surface area contributed by atoms with Gasteiger partial charge in [0, 0.05) is 19.1 Å². The molecular weight excluding hydrogens is 293 g/mol. The summed E-state index contributed by atoms with van der Waals surface area (Å²) < 4.78 is 40.1. The molecule has 6 heteroatoms. The van der Waals surface area contributed by atoms with Crippen molar-refractivity contribution >= 4 is 0 Å². The lowest BCUT2D eigenvalue weighted by Crippen LogP contribution is -2.38. The van der Waals surface area contributed by atoms with E-state index < -0.39 is 6.36 Å². The number of rotatable bonds is 8. The van der Waals surface area contributed by atoms with Gasteiger partial charge in [0.05, 0.1) is 0 Å². The zero-order valence-corrected chi connectivity index (χ0v) is 13.6.